The Hall–Kier alpha value is -1.90. The van der Waals surface area contributed by atoms with E-state index >= 15 is 0 Å². The number of hydrogen-bond donors (Lipinski definition) is 1. The number of piperidine rings is 1. The molecule has 0 radical (unpaired) electrons. The Labute approximate surface area is 171 Å². The molecular formula is C17H19Cl2N7S. The fraction of sp³-hybridized carbons (Fsp3) is 0.412. The molecule has 1 saturated heterocycles. The summed E-state index contributed by atoms with van der Waals surface area (Å²) < 4.78 is 6.00. The molecule has 3 aromatic rings. The van der Waals surface area contributed by atoms with Gasteiger partial charge in [-0.2, -0.15) is 9.36 Å². The average molecular weight is 424 g/mol. The predicted octanol–water partition coefficient (Wildman–Crippen LogP) is 4.12. The van der Waals surface area contributed by atoms with Crippen molar-refractivity contribution in [2.45, 2.75) is 32.7 Å². The first-order valence-corrected chi connectivity index (χ1v) is 10.2. The Morgan fingerprint density at radius 2 is 1.93 bits per heavy atom. The van der Waals surface area contributed by atoms with Gasteiger partial charge in [0.05, 0.1) is 10.7 Å². The summed E-state index contributed by atoms with van der Waals surface area (Å²) in [6.45, 7) is 5.71. The predicted molar refractivity (Wildman–Crippen MR) is 110 cm³/mol. The second-order valence-corrected chi connectivity index (χ2v) is 8.09. The summed E-state index contributed by atoms with van der Waals surface area (Å²) in [5.41, 5.74) is 0.764. The van der Waals surface area contributed by atoms with E-state index in [1.165, 1.54) is 11.5 Å². The molecule has 1 fully saturated rings. The van der Waals surface area contributed by atoms with E-state index in [0.717, 1.165) is 48.4 Å². The smallest absolute Gasteiger partial charge is 0.242 e. The van der Waals surface area contributed by atoms with Crippen LogP contribution in [0.4, 0.5) is 11.1 Å². The number of hydrogen-bond acceptors (Lipinski definition) is 7. The molecule has 142 valence electrons. The number of aryl methyl sites for hydroxylation is 2. The van der Waals surface area contributed by atoms with Crippen molar-refractivity contribution in [1.29, 1.82) is 0 Å². The third-order valence-electron chi connectivity index (χ3n) is 4.52. The lowest BCUT2D eigenvalue weighted by molar-refractivity contribution is 0.523. The second-order valence-electron chi connectivity index (χ2n) is 6.52. The number of aromatic nitrogens is 5. The fourth-order valence-electron chi connectivity index (χ4n) is 3.14. The van der Waals surface area contributed by atoms with Gasteiger partial charge in [0.15, 0.2) is 0 Å². The maximum absolute atomic E-state index is 6.30. The molecule has 0 spiro atoms. The summed E-state index contributed by atoms with van der Waals surface area (Å²) in [5, 5.41) is 10.2. The minimum atomic E-state index is 0.325. The zero-order valence-electron chi connectivity index (χ0n) is 15.0. The molecule has 10 heteroatoms. The van der Waals surface area contributed by atoms with Gasteiger partial charge < -0.3 is 10.2 Å². The lowest BCUT2D eigenvalue weighted by Crippen LogP contribution is -2.39. The molecule has 0 saturated carbocycles. The quantitative estimate of drug-likeness (QED) is 0.679. The summed E-state index contributed by atoms with van der Waals surface area (Å²) in [6, 6.07) is 5.67. The minimum absolute atomic E-state index is 0.325. The third-order valence-corrected chi connectivity index (χ3v) is 5.93. The molecule has 0 unspecified atom stereocenters. The molecule has 1 aliphatic heterocycles. The normalized spacial score (nSPS) is 15.3. The van der Waals surface area contributed by atoms with Crippen molar-refractivity contribution in [2.24, 2.45) is 0 Å². The number of nitrogens with one attached hydrogen (secondary N) is 1. The highest BCUT2D eigenvalue weighted by molar-refractivity contribution is 7.09. The van der Waals surface area contributed by atoms with Crippen molar-refractivity contribution in [3.63, 3.8) is 0 Å². The van der Waals surface area contributed by atoms with Crippen molar-refractivity contribution < 1.29 is 0 Å². The van der Waals surface area contributed by atoms with E-state index in [9.17, 15) is 0 Å². The maximum atomic E-state index is 6.30. The molecule has 0 bridgehead atoms. The van der Waals surface area contributed by atoms with Crippen LogP contribution < -0.4 is 10.2 Å². The van der Waals surface area contributed by atoms with E-state index in [-0.39, 0.29) is 0 Å². The Morgan fingerprint density at radius 3 is 2.59 bits per heavy atom. The van der Waals surface area contributed by atoms with E-state index in [0.29, 0.717) is 22.0 Å². The standard InChI is InChI=1S/C17H19Cl2N7S/c1-10-20-17(27-24-10)25-7-5-13(6-8-25)22-16-21-11(2)26(23-16)15-4-3-12(18)9-14(15)19/h3-4,9,13H,5-8H2,1-2H3,(H,22,23). The summed E-state index contributed by atoms with van der Waals surface area (Å²) in [7, 11) is 0. The van der Waals surface area contributed by atoms with Gasteiger partial charge in [0, 0.05) is 35.7 Å². The van der Waals surface area contributed by atoms with Crippen LogP contribution in [-0.4, -0.2) is 43.3 Å². The molecule has 1 aromatic carbocycles. The number of anilines is 2. The number of benzene rings is 1. The molecule has 0 amide bonds. The van der Waals surface area contributed by atoms with Gasteiger partial charge in [-0.3, -0.25) is 0 Å². The fourth-order valence-corrected chi connectivity index (χ4v) is 4.36. The van der Waals surface area contributed by atoms with Crippen molar-refractivity contribution >= 4 is 45.8 Å². The zero-order chi connectivity index (χ0) is 19.0. The van der Waals surface area contributed by atoms with Crippen LogP contribution in [-0.2, 0) is 0 Å². The van der Waals surface area contributed by atoms with Gasteiger partial charge in [-0.05, 0) is 44.9 Å². The van der Waals surface area contributed by atoms with Gasteiger partial charge in [0.2, 0.25) is 11.1 Å². The summed E-state index contributed by atoms with van der Waals surface area (Å²) in [4.78, 5) is 11.3. The van der Waals surface area contributed by atoms with Crippen molar-refractivity contribution in [3.05, 3.63) is 39.9 Å². The topological polar surface area (TPSA) is 71.8 Å². The highest BCUT2D eigenvalue weighted by atomic mass is 35.5. The lowest BCUT2D eigenvalue weighted by atomic mass is 10.1. The Kier molecular flexibility index (Phi) is 5.21. The van der Waals surface area contributed by atoms with Gasteiger partial charge in [-0.15, -0.1) is 5.10 Å². The van der Waals surface area contributed by atoms with Crippen molar-refractivity contribution in [1.82, 2.24) is 24.1 Å². The minimum Gasteiger partial charge on any atom is -0.350 e. The van der Waals surface area contributed by atoms with Crippen LogP contribution in [0.1, 0.15) is 24.5 Å². The summed E-state index contributed by atoms with van der Waals surface area (Å²) in [6.07, 6.45) is 1.99. The molecule has 27 heavy (non-hydrogen) atoms. The van der Waals surface area contributed by atoms with Gasteiger partial charge in [0.25, 0.3) is 0 Å². The molecular weight excluding hydrogens is 405 g/mol. The van der Waals surface area contributed by atoms with Crippen molar-refractivity contribution in [3.8, 4) is 5.69 Å². The first kappa shape index (κ1) is 18.5. The van der Waals surface area contributed by atoms with Gasteiger partial charge >= 0.3 is 0 Å². The zero-order valence-corrected chi connectivity index (χ0v) is 17.3. The first-order chi connectivity index (χ1) is 13.0. The molecule has 0 aliphatic carbocycles. The molecule has 2 aromatic heterocycles. The summed E-state index contributed by atoms with van der Waals surface area (Å²) in [5.74, 6) is 2.22. The Morgan fingerprint density at radius 1 is 1.15 bits per heavy atom. The number of rotatable bonds is 4. The maximum Gasteiger partial charge on any atom is 0.242 e. The highest BCUT2D eigenvalue weighted by Crippen LogP contribution is 2.26. The Balaban J connectivity index is 1.42. The van der Waals surface area contributed by atoms with Crippen LogP contribution in [0.25, 0.3) is 5.69 Å². The van der Waals surface area contributed by atoms with Crippen LogP contribution >= 0.6 is 34.7 Å². The molecule has 1 N–H and O–H groups in total. The third kappa shape index (κ3) is 4.02. The van der Waals surface area contributed by atoms with E-state index in [1.54, 1.807) is 16.8 Å². The van der Waals surface area contributed by atoms with Gasteiger partial charge in [-0.1, -0.05) is 23.2 Å². The summed E-state index contributed by atoms with van der Waals surface area (Å²) >= 11 is 13.7. The second kappa shape index (κ2) is 7.61. The Bertz CT molecular complexity index is 947. The monoisotopic (exact) mass is 423 g/mol. The number of nitrogens with zero attached hydrogens (tertiary/aromatic N) is 6. The molecule has 1 aliphatic rings. The van der Waals surface area contributed by atoms with Gasteiger partial charge in [0.1, 0.15) is 11.6 Å². The van der Waals surface area contributed by atoms with Crippen LogP contribution in [0, 0.1) is 13.8 Å². The average Bonchev–Trinajstić information content (AvgIpc) is 3.22. The van der Waals surface area contributed by atoms with Crippen LogP contribution in [0.15, 0.2) is 18.2 Å². The van der Waals surface area contributed by atoms with E-state index in [1.807, 2.05) is 19.9 Å². The van der Waals surface area contributed by atoms with Crippen LogP contribution in [0.2, 0.25) is 10.0 Å². The van der Waals surface area contributed by atoms with Crippen LogP contribution in [0.5, 0.6) is 0 Å². The first-order valence-electron chi connectivity index (χ1n) is 8.70. The van der Waals surface area contributed by atoms with E-state index in [2.05, 4.69) is 29.7 Å². The molecule has 3 heterocycles. The van der Waals surface area contributed by atoms with E-state index in [4.69, 9.17) is 23.2 Å². The largest absolute Gasteiger partial charge is 0.350 e. The molecule has 7 nitrogen and oxygen atoms in total. The van der Waals surface area contributed by atoms with E-state index < -0.39 is 0 Å². The molecule has 0 atom stereocenters. The number of halogens is 2. The molecule has 4 rings (SSSR count). The van der Waals surface area contributed by atoms with Gasteiger partial charge in [-0.25, -0.2) is 9.67 Å². The highest BCUT2D eigenvalue weighted by Gasteiger charge is 2.23. The van der Waals surface area contributed by atoms with Crippen molar-refractivity contribution in [2.75, 3.05) is 23.3 Å². The SMILES string of the molecule is Cc1nsc(N2CCC(Nc3nc(C)n(-c4ccc(Cl)cc4Cl)n3)CC2)n1. The van der Waals surface area contributed by atoms with Crippen LogP contribution in [0.3, 0.4) is 0 Å². The lowest BCUT2D eigenvalue weighted by Gasteiger charge is -2.31.